The molecule has 0 radical (unpaired) electrons. The normalized spacial score (nSPS) is 16.9. The minimum absolute atomic E-state index is 0.0976. The Labute approximate surface area is 162 Å². The average molecular weight is 381 g/mol. The van der Waals surface area contributed by atoms with E-state index in [-0.39, 0.29) is 17.7 Å². The highest BCUT2D eigenvalue weighted by molar-refractivity contribution is 5.95. The number of H-pyrrole nitrogens is 1. The molecule has 146 valence electrons. The van der Waals surface area contributed by atoms with Gasteiger partial charge < -0.3 is 24.2 Å². The van der Waals surface area contributed by atoms with Crippen LogP contribution in [0.15, 0.2) is 47.5 Å². The molecule has 1 saturated heterocycles. The Balaban J connectivity index is 1.46. The van der Waals surface area contributed by atoms with Gasteiger partial charge in [-0.05, 0) is 31.0 Å². The molecule has 2 amide bonds. The summed E-state index contributed by atoms with van der Waals surface area (Å²) in [5.41, 5.74) is 1.53. The zero-order chi connectivity index (χ0) is 19.5. The molecule has 28 heavy (non-hydrogen) atoms. The molecule has 0 bridgehead atoms. The number of aromatic amines is 1. The number of carbonyl (C=O) groups is 2. The lowest BCUT2D eigenvalue weighted by atomic mass is 9.92. The van der Waals surface area contributed by atoms with E-state index < -0.39 is 0 Å². The van der Waals surface area contributed by atoms with Crippen molar-refractivity contribution in [2.75, 3.05) is 20.1 Å². The second kappa shape index (κ2) is 7.75. The van der Waals surface area contributed by atoms with Gasteiger partial charge >= 0.3 is 0 Å². The molecule has 4 rings (SSSR count). The van der Waals surface area contributed by atoms with E-state index in [1.54, 1.807) is 37.9 Å². The maximum Gasteiger partial charge on any atom is 0.289 e. The quantitative estimate of drug-likeness (QED) is 0.708. The number of rotatable bonds is 5. The third kappa shape index (κ3) is 3.58. The fourth-order valence-electron chi connectivity index (χ4n) is 3.74. The number of hydrogen-bond donors (Lipinski definition) is 2. The van der Waals surface area contributed by atoms with E-state index in [0.29, 0.717) is 36.7 Å². The smallest absolute Gasteiger partial charge is 0.289 e. The minimum Gasteiger partial charge on any atom is -0.454 e. The predicted molar refractivity (Wildman–Crippen MR) is 102 cm³/mol. The van der Waals surface area contributed by atoms with Crippen LogP contribution in [0.25, 0.3) is 0 Å². The highest BCUT2D eigenvalue weighted by atomic mass is 16.4. The lowest BCUT2D eigenvalue weighted by Crippen LogP contribution is -2.39. The summed E-state index contributed by atoms with van der Waals surface area (Å²) < 4.78 is 7.65. The number of furan rings is 1. The number of piperidine rings is 1. The Kier molecular flexibility index (Phi) is 5.01. The van der Waals surface area contributed by atoms with Gasteiger partial charge in [0.25, 0.3) is 11.8 Å². The number of carbonyl (C=O) groups excluding carboxylic acids is 2. The van der Waals surface area contributed by atoms with Crippen molar-refractivity contribution in [1.29, 1.82) is 0 Å². The average Bonchev–Trinajstić information content (AvgIpc) is 3.49. The third-order valence-electron chi connectivity index (χ3n) is 5.14. The van der Waals surface area contributed by atoms with Crippen molar-refractivity contribution in [3.05, 3.63) is 65.9 Å². The number of likely N-dealkylation sites (tertiary alicyclic amines) is 1. The van der Waals surface area contributed by atoms with E-state index in [9.17, 15) is 9.59 Å². The van der Waals surface area contributed by atoms with Gasteiger partial charge in [-0.2, -0.15) is 0 Å². The highest BCUT2D eigenvalue weighted by Crippen LogP contribution is 2.29. The largest absolute Gasteiger partial charge is 0.454 e. The Morgan fingerprint density at radius 2 is 2.25 bits per heavy atom. The second-order valence-electron chi connectivity index (χ2n) is 6.98. The number of hydrogen-bond acceptors (Lipinski definition) is 4. The first-order valence-corrected chi connectivity index (χ1v) is 9.39. The Morgan fingerprint density at radius 1 is 1.36 bits per heavy atom. The fourth-order valence-corrected chi connectivity index (χ4v) is 3.74. The molecule has 1 atom stereocenters. The van der Waals surface area contributed by atoms with Crippen LogP contribution in [0.2, 0.25) is 0 Å². The van der Waals surface area contributed by atoms with Crippen molar-refractivity contribution in [3.8, 4) is 0 Å². The van der Waals surface area contributed by atoms with Gasteiger partial charge in [0.2, 0.25) is 0 Å². The van der Waals surface area contributed by atoms with Gasteiger partial charge in [-0.15, -0.1) is 0 Å². The van der Waals surface area contributed by atoms with Gasteiger partial charge in [0.1, 0.15) is 5.76 Å². The lowest BCUT2D eigenvalue weighted by Gasteiger charge is -2.32. The van der Waals surface area contributed by atoms with Gasteiger partial charge in [0.15, 0.2) is 5.76 Å². The van der Waals surface area contributed by atoms with Crippen LogP contribution < -0.4 is 5.32 Å². The molecule has 0 saturated carbocycles. The van der Waals surface area contributed by atoms with Crippen molar-refractivity contribution in [2.24, 2.45) is 0 Å². The molecule has 8 nitrogen and oxygen atoms in total. The summed E-state index contributed by atoms with van der Waals surface area (Å²) in [7, 11) is 1.62. The van der Waals surface area contributed by atoms with Crippen molar-refractivity contribution >= 4 is 11.8 Å². The maximum atomic E-state index is 12.9. The first kappa shape index (κ1) is 18.1. The van der Waals surface area contributed by atoms with Crippen LogP contribution >= 0.6 is 0 Å². The predicted octanol–water partition coefficient (Wildman–Crippen LogP) is 2.23. The van der Waals surface area contributed by atoms with E-state index in [1.165, 1.54) is 0 Å². The van der Waals surface area contributed by atoms with Crippen LogP contribution in [0, 0.1) is 0 Å². The van der Waals surface area contributed by atoms with Crippen LogP contribution in [0.3, 0.4) is 0 Å². The van der Waals surface area contributed by atoms with Crippen molar-refractivity contribution in [2.45, 2.75) is 25.3 Å². The second-order valence-corrected chi connectivity index (χ2v) is 6.98. The minimum atomic E-state index is -0.116. The van der Waals surface area contributed by atoms with Crippen molar-refractivity contribution in [1.82, 2.24) is 24.8 Å². The van der Waals surface area contributed by atoms with Crippen molar-refractivity contribution in [3.63, 3.8) is 0 Å². The van der Waals surface area contributed by atoms with E-state index in [4.69, 9.17) is 4.42 Å². The Bertz CT molecular complexity index is 956. The van der Waals surface area contributed by atoms with E-state index >= 15 is 0 Å². The fraction of sp³-hybridized carbons (Fsp3) is 0.350. The molecule has 1 aliphatic rings. The standard InChI is InChI=1S/C20H23N5O3/c1-21-19(26)16-6-7-23-18(16)14-3-2-9-25(11-14)20(27)17-5-4-15(28-17)12-24-10-8-22-13-24/h4-8,10,13-14,23H,2-3,9,11-12H2,1H3,(H,21,26). The molecular formula is C20H23N5O3. The number of nitrogens with zero attached hydrogens (tertiary/aromatic N) is 3. The number of aromatic nitrogens is 3. The zero-order valence-electron chi connectivity index (χ0n) is 15.7. The van der Waals surface area contributed by atoms with Crippen molar-refractivity contribution < 1.29 is 14.0 Å². The first-order chi connectivity index (χ1) is 13.7. The molecular weight excluding hydrogens is 358 g/mol. The first-order valence-electron chi connectivity index (χ1n) is 9.39. The SMILES string of the molecule is CNC(=O)c1cc[nH]c1C1CCCN(C(=O)c2ccc(Cn3ccnc3)o2)C1. The van der Waals surface area contributed by atoms with Gasteiger partial charge in [0, 0.05) is 50.3 Å². The van der Waals surface area contributed by atoms with E-state index in [0.717, 1.165) is 18.5 Å². The monoisotopic (exact) mass is 381 g/mol. The van der Waals surface area contributed by atoms with Gasteiger partial charge in [-0.1, -0.05) is 0 Å². The summed E-state index contributed by atoms with van der Waals surface area (Å²) in [5.74, 6) is 0.917. The molecule has 0 spiro atoms. The molecule has 1 aliphatic heterocycles. The topological polar surface area (TPSA) is 96.2 Å². The molecule has 1 fully saturated rings. The molecule has 2 N–H and O–H groups in total. The zero-order valence-corrected chi connectivity index (χ0v) is 15.7. The Morgan fingerprint density at radius 3 is 3.04 bits per heavy atom. The molecule has 8 heteroatoms. The molecule has 3 aromatic rings. The summed E-state index contributed by atoms with van der Waals surface area (Å²) in [4.78, 5) is 34.0. The summed E-state index contributed by atoms with van der Waals surface area (Å²) >= 11 is 0. The van der Waals surface area contributed by atoms with Gasteiger partial charge in [-0.3, -0.25) is 9.59 Å². The molecule has 0 aliphatic carbocycles. The van der Waals surface area contributed by atoms with Gasteiger partial charge in [-0.25, -0.2) is 4.98 Å². The number of nitrogens with one attached hydrogen (secondary N) is 2. The van der Waals surface area contributed by atoms with Crippen LogP contribution in [0.4, 0.5) is 0 Å². The summed E-state index contributed by atoms with van der Waals surface area (Å²) in [6.45, 7) is 1.78. The molecule has 3 aromatic heterocycles. The van der Waals surface area contributed by atoms with Gasteiger partial charge in [0.05, 0.1) is 18.4 Å². The highest BCUT2D eigenvalue weighted by Gasteiger charge is 2.29. The third-order valence-corrected chi connectivity index (χ3v) is 5.14. The number of amides is 2. The maximum absolute atomic E-state index is 12.9. The molecule has 1 unspecified atom stereocenters. The van der Waals surface area contributed by atoms with E-state index in [2.05, 4.69) is 15.3 Å². The van der Waals surface area contributed by atoms with Crippen LogP contribution in [-0.4, -0.2) is 51.4 Å². The summed E-state index contributed by atoms with van der Waals surface area (Å²) in [6, 6.07) is 5.33. The number of imidazole rings is 1. The van der Waals surface area contributed by atoms with Crippen LogP contribution in [0.5, 0.6) is 0 Å². The summed E-state index contributed by atoms with van der Waals surface area (Å²) in [5, 5.41) is 2.67. The molecule has 4 heterocycles. The Hall–Kier alpha value is -3.29. The molecule has 0 aromatic carbocycles. The van der Waals surface area contributed by atoms with E-state index in [1.807, 2.05) is 21.7 Å². The summed E-state index contributed by atoms with van der Waals surface area (Å²) in [6.07, 6.45) is 8.84. The van der Waals surface area contributed by atoms with Crippen LogP contribution in [-0.2, 0) is 6.54 Å². The van der Waals surface area contributed by atoms with Crippen LogP contribution in [0.1, 0.15) is 51.1 Å². The lowest BCUT2D eigenvalue weighted by molar-refractivity contribution is 0.0671.